The zero-order chi connectivity index (χ0) is 14.4. The van der Waals surface area contributed by atoms with E-state index in [1.54, 1.807) is 18.7 Å². The zero-order valence-electron chi connectivity index (χ0n) is 11.9. The summed E-state index contributed by atoms with van der Waals surface area (Å²) >= 11 is 0. The van der Waals surface area contributed by atoms with Gasteiger partial charge in [-0.3, -0.25) is 10.1 Å². The topological polar surface area (TPSA) is 90.2 Å². The first-order valence-electron chi connectivity index (χ1n) is 6.42. The highest BCUT2D eigenvalue weighted by molar-refractivity contribution is 5.61. The van der Waals surface area contributed by atoms with E-state index in [9.17, 15) is 10.1 Å². The molecule has 2 N–H and O–H groups in total. The van der Waals surface area contributed by atoms with Crippen molar-refractivity contribution in [2.75, 3.05) is 18.0 Å². The molecular weight excluding hydrogens is 246 g/mol. The molecular formula is C12H21N5O2. The van der Waals surface area contributed by atoms with Crippen LogP contribution in [-0.4, -0.2) is 33.8 Å². The number of aromatic nitrogens is 2. The van der Waals surface area contributed by atoms with Gasteiger partial charge in [0, 0.05) is 26.2 Å². The molecule has 7 heteroatoms. The summed E-state index contributed by atoms with van der Waals surface area (Å²) in [6.07, 6.45) is 0.828. The van der Waals surface area contributed by atoms with Gasteiger partial charge in [-0.25, -0.2) is 4.68 Å². The van der Waals surface area contributed by atoms with Crippen LogP contribution in [0.25, 0.3) is 0 Å². The lowest BCUT2D eigenvalue weighted by Gasteiger charge is -2.43. The normalized spacial score (nSPS) is 22.6. The molecule has 1 aliphatic rings. The van der Waals surface area contributed by atoms with E-state index < -0.39 is 0 Å². The van der Waals surface area contributed by atoms with Crippen LogP contribution in [0.3, 0.4) is 0 Å². The molecule has 1 fully saturated rings. The van der Waals surface area contributed by atoms with Crippen molar-refractivity contribution in [2.24, 2.45) is 18.2 Å². The molecule has 106 valence electrons. The van der Waals surface area contributed by atoms with Crippen LogP contribution < -0.4 is 10.6 Å². The number of piperidine rings is 1. The predicted octanol–water partition coefficient (Wildman–Crippen LogP) is 1.20. The Labute approximate surface area is 112 Å². The molecule has 1 aromatic rings. The molecule has 0 aromatic carbocycles. The van der Waals surface area contributed by atoms with Gasteiger partial charge in [0.05, 0.1) is 4.92 Å². The van der Waals surface area contributed by atoms with Crippen molar-refractivity contribution >= 4 is 11.5 Å². The Morgan fingerprint density at radius 2 is 2.16 bits per heavy atom. The van der Waals surface area contributed by atoms with Crippen LogP contribution in [0.1, 0.15) is 26.0 Å². The standard InChI is InChI=1S/C12H21N5O2/c1-8-10(17(18)19)11(15(4)14-8)16-6-5-9(13)12(2,3)7-16/h9H,5-7,13H2,1-4H3. The minimum Gasteiger partial charge on any atom is -0.350 e. The molecule has 0 amide bonds. The second kappa shape index (κ2) is 4.48. The van der Waals surface area contributed by atoms with Gasteiger partial charge in [-0.2, -0.15) is 5.10 Å². The highest BCUT2D eigenvalue weighted by Crippen LogP contribution is 2.36. The Kier molecular flexibility index (Phi) is 3.25. The molecule has 0 bridgehead atoms. The van der Waals surface area contributed by atoms with Crippen LogP contribution in [0.15, 0.2) is 0 Å². The van der Waals surface area contributed by atoms with E-state index in [0.29, 0.717) is 18.1 Å². The third-order valence-electron chi connectivity index (χ3n) is 3.96. The van der Waals surface area contributed by atoms with Crippen molar-refractivity contribution in [3.63, 3.8) is 0 Å². The fraction of sp³-hybridized carbons (Fsp3) is 0.750. The molecule has 0 radical (unpaired) electrons. The van der Waals surface area contributed by atoms with Gasteiger partial charge in [0.2, 0.25) is 5.82 Å². The van der Waals surface area contributed by atoms with Crippen molar-refractivity contribution in [3.05, 3.63) is 15.8 Å². The fourth-order valence-corrected chi connectivity index (χ4v) is 2.76. The molecule has 0 saturated carbocycles. The Morgan fingerprint density at radius 1 is 1.53 bits per heavy atom. The van der Waals surface area contributed by atoms with Crippen molar-refractivity contribution in [1.29, 1.82) is 0 Å². The fourth-order valence-electron chi connectivity index (χ4n) is 2.76. The third kappa shape index (κ3) is 2.30. The van der Waals surface area contributed by atoms with Crippen molar-refractivity contribution < 1.29 is 4.92 Å². The summed E-state index contributed by atoms with van der Waals surface area (Å²) in [7, 11) is 1.75. The summed E-state index contributed by atoms with van der Waals surface area (Å²) in [4.78, 5) is 12.9. The number of hydrogen-bond donors (Lipinski definition) is 1. The summed E-state index contributed by atoms with van der Waals surface area (Å²) in [5.74, 6) is 0.586. The summed E-state index contributed by atoms with van der Waals surface area (Å²) in [6.45, 7) is 7.29. The Bertz CT molecular complexity index is 508. The van der Waals surface area contributed by atoms with E-state index in [-0.39, 0.29) is 22.1 Å². The minimum atomic E-state index is -0.348. The highest BCUT2D eigenvalue weighted by Gasteiger charge is 2.38. The Morgan fingerprint density at radius 3 is 2.68 bits per heavy atom. The van der Waals surface area contributed by atoms with E-state index in [0.717, 1.165) is 13.0 Å². The van der Waals surface area contributed by atoms with Crippen LogP contribution >= 0.6 is 0 Å². The SMILES string of the molecule is Cc1nn(C)c(N2CCC(N)C(C)(C)C2)c1[N+](=O)[O-]. The first kappa shape index (κ1) is 13.8. The average Bonchev–Trinajstić information content (AvgIpc) is 2.57. The molecule has 1 atom stereocenters. The molecule has 1 aliphatic heterocycles. The largest absolute Gasteiger partial charge is 0.350 e. The van der Waals surface area contributed by atoms with Gasteiger partial charge in [-0.1, -0.05) is 13.8 Å². The van der Waals surface area contributed by atoms with Crippen LogP contribution in [0.2, 0.25) is 0 Å². The molecule has 7 nitrogen and oxygen atoms in total. The van der Waals surface area contributed by atoms with Gasteiger partial charge in [0.1, 0.15) is 5.69 Å². The number of hydrogen-bond acceptors (Lipinski definition) is 5. The Balaban J connectivity index is 2.40. The van der Waals surface area contributed by atoms with Gasteiger partial charge in [0.15, 0.2) is 0 Å². The summed E-state index contributed by atoms with van der Waals surface area (Å²) < 4.78 is 1.60. The second-order valence-electron chi connectivity index (χ2n) is 5.94. The number of anilines is 1. The van der Waals surface area contributed by atoms with Crippen LogP contribution in [-0.2, 0) is 7.05 Å². The molecule has 1 unspecified atom stereocenters. The smallest absolute Gasteiger partial charge is 0.333 e. The number of nitrogens with zero attached hydrogens (tertiary/aromatic N) is 4. The maximum absolute atomic E-state index is 11.2. The highest BCUT2D eigenvalue weighted by atomic mass is 16.6. The molecule has 1 aromatic heterocycles. The lowest BCUT2D eigenvalue weighted by Crippen LogP contribution is -2.53. The minimum absolute atomic E-state index is 0.0652. The molecule has 2 rings (SSSR count). The van der Waals surface area contributed by atoms with Crippen LogP contribution in [0.4, 0.5) is 11.5 Å². The van der Waals surface area contributed by atoms with Gasteiger partial charge in [0.25, 0.3) is 0 Å². The molecule has 19 heavy (non-hydrogen) atoms. The van der Waals surface area contributed by atoms with Gasteiger partial charge in [-0.05, 0) is 18.8 Å². The molecule has 1 saturated heterocycles. The zero-order valence-corrected chi connectivity index (χ0v) is 11.9. The average molecular weight is 267 g/mol. The van der Waals surface area contributed by atoms with Crippen molar-refractivity contribution in [2.45, 2.75) is 33.2 Å². The monoisotopic (exact) mass is 267 g/mol. The first-order chi connectivity index (χ1) is 8.74. The van der Waals surface area contributed by atoms with Gasteiger partial charge in [-0.15, -0.1) is 0 Å². The quantitative estimate of drug-likeness (QED) is 0.642. The number of nitrogens with two attached hydrogens (primary N) is 1. The van der Waals surface area contributed by atoms with Gasteiger partial charge < -0.3 is 10.6 Å². The number of rotatable bonds is 2. The maximum atomic E-state index is 11.2. The molecule has 2 heterocycles. The summed E-state index contributed by atoms with van der Waals surface area (Å²) in [6, 6.07) is 0.122. The second-order valence-corrected chi connectivity index (χ2v) is 5.94. The third-order valence-corrected chi connectivity index (χ3v) is 3.96. The lowest BCUT2D eigenvalue weighted by molar-refractivity contribution is -0.384. The number of aryl methyl sites for hydroxylation is 2. The van der Waals surface area contributed by atoms with E-state index in [2.05, 4.69) is 18.9 Å². The lowest BCUT2D eigenvalue weighted by atomic mass is 9.79. The summed E-state index contributed by atoms with van der Waals surface area (Å²) in [5, 5.41) is 15.4. The summed E-state index contributed by atoms with van der Waals surface area (Å²) in [5.41, 5.74) is 6.60. The molecule has 0 spiro atoms. The molecule has 0 aliphatic carbocycles. The van der Waals surface area contributed by atoms with Crippen molar-refractivity contribution in [3.8, 4) is 0 Å². The maximum Gasteiger partial charge on any atom is 0.333 e. The Hall–Kier alpha value is -1.63. The first-order valence-corrected chi connectivity index (χ1v) is 6.42. The van der Waals surface area contributed by atoms with E-state index in [1.807, 2.05) is 4.90 Å². The number of nitro groups is 1. The predicted molar refractivity (Wildman–Crippen MR) is 73.2 cm³/mol. The van der Waals surface area contributed by atoms with Gasteiger partial charge >= 0.3 is 5.69 Å². The van der Waals surface area contributed by atoms with Crippen LogP contribution in [0, 0.1) is 22.5 Å². The van der Waals surface area contributed by atoms with E-state index in [1.165, 1.54) is 0 Å². The van der Waals surface area contributed by atoms with Crippen molar-refractivity contribution in [1.82, 2.24) is 9.78 Å². The van der Waals surface area contributed by atoms with E-state index in [4.69, 9.17) is 5.73 Å². The van der Waals surface area contributed by atoms with E-state index >= 15 is 0 Å². The van der Waals surface area contributed by atoms with Crippen LogP contribution in [0.5, 0.6) is 0 Å².